The molecule has 0 aliphatic heterocycles. The summed E-state index contributed by atoms with van der Waals surface area (Å²) in [4.78, 5) is 0. The van der Waals surface area contributed by atoms with Crippen LogP contribution in [0.4, 0.5) is 0 Å². The molecule has 0 bridgehead atoms. The number of ether oxygens (including phenoxy) is 2. The third kappa shape index (κ3) is 4.40. The van der Waals surface area contributed by atoms with Gasteiger partial charge in [0.2, 0.25) is 0 Å². The summed E-state index contributed by atoms with van der Waals surface area (Å²) in [6, 6.07) is 0.268. The van der Waals surface area contributed by atoms with Crippen LogP contribution in [0.5, 0.6) is 0 Å². The molecular formula is C11H23NO2. The molecule has 0 heterocycles. The molecule has 0 aromatic rings. The highest BCUT2D eigenvalue weighted by molar-refractivity contribution is 4.73. The average molecular weight is 201 g/mol. The maximum absolute atomic E-state index is 5.17. The minimum atomic E-state index is -0.129. The van der Waals surface area contributed by atoms with Gasteiger partial charge >= 0.3 is 0 Å². The van der Waals surface area contributed by atoms with Gasteiger partial charge in [-0.05, 0) is 32.2 Å². The van der Waals surface area contributed by atoms with Gasteiger partial charge in [0.25, 0.3) is 0 Å². The highest BCUT2D eigenvalue weighted by Crippen LogP contribution is 2.33. The summed E-state index contributed by atoms with van der Waals surface area (Å²) in [6.45, 7) is 3.16. The van der Waals surface area contributed by atoms with Gasteiger partial charge in [-0.3, -0.25) is 0 Å². The lowest BCUT2D eigenvalue weighted by Gasteiger charge is -2.22. The molecule has 1 saturated carbocycles. The molecule has 0 aromatic carbocycles. The maximum Gasteiger partial charge on any atom is 0.171 e. The number of methoxy groups -OCH3 is 2. The number of hydrogen-bond donors (Lipinski definition) is 1. The van der Waals surface area contributed by atoms with Crippen LogP contribution in [0.2, 0.25) is 0 Å². The molecule has 3 nitrogen and oxygen atoms in total. The van der Waals surface area contributed by atoms with Gasteiger partial charge in [0.1, 0.15) is 0 Å². The Labute approximate surface area is 87.2 Å². The van der Waals surface area contributed by atoms with Crippen molar-refractivity contribution < 1.29 is 9.47 Å². The van der Waals surface area contributed by atoms with Crippen molar-refractivity contribution in [3.8, 4) is 0 Å². The quantitative estimate of drug-likeness (QED) is 0.479. The lowest BCUT2D eigenvalue weighted by Crippen LogP contribution is -2.40. The molecule has 1 unspecified atom stereocenters. The first-order valence-electron chi connectivity index (χ1n) is 5.57. The van der Waals surface area contributed by atoms with E-state index >= 15 is 0 Å². The Morgan fingerprint density at radius 1 is 1.29 bits per heavy atom. The zero-order valence-corrected chi connectivity index (χ0v) is 9.58. The van der Waals surface area contributed by atoms with Crippen molar-refractivity contribution in [2.45, 2.75) is 44.9 Å². The van der Waals surface area contributed by atoms with Gasteiger partial charge in [-0.15, -0.1) is 0 Å². The molecule has 0 saturated heterocycles. The van der Waals surface area contributed by atoms with E-state index in [1.54, 1.807) is 14.2 Å². The van der Waals surface area contributed by atoms with Crippen molar-refractivity contribution in [3.05, 3.63) is 0 Å². The largest absolute Gasteiger partial charge is 0.354 e. The van der Waals surface area contributed by atoms with Crippen molar-refractivity contribution in [2.75, 3.05) is 20.8 Å². The summed E-state index contributed by atoms with van der Waals surface area (Å²) in [5.41, 5.74) is 0. The second kappa shape index (κ2) is 6.38. The smallest absolute Gasteiger partial charge is 0.171 e. The van der Waals surface area contributed by atoms with Crippen LogP contribution in [0.3, 0.4) is 0 Å². The SMILES string of the molecule is COC(OC)C(C)NCCCC1CC1. The second-order valence-electron chi connectivity index (χ2n) is 4.17. The van der Waals surface area contributed by atoms with Crippen LogP contribution in [0, 0.1) is 5.92 Å². The van der Waals surface area contributed by atoms with E-state index < -0.39 is 0 Å². The molecule has 1 aliphatic carbocycles. The molecule has 1 rings (SSSR count). The minimum Gasteiger partial charge on any atom is -0.354 e. The van der Waals surface area contributed by atoms with Gasteiger partial charge in [-0.2, -0.15) is 0 Å². The Kier molecular flexibility index (Phi) is 5.45. The molecule has 1 N–H and O–H groups in total. The number of hydrogen-bond acceptors (Lipinski definition) is 3. The van der Waals surface area contributed by atoms with Gasteiger partial charge in [-0.25, -0.2) is 0 Å². The van der Waals surface area contributed by atoms with Gasteiger partial charge < -0.3 is 14.8 Å². The monoisotopic (exact) mass is 201 g/mol. The molecule has 0 amide bonds. The van der Waals surface area contributed by atoms with E-state index in [-0.39, 0.29) is 12.3 Å². The predicted molar refractivity (Wildman–Crippen MR) is 57.2 cm³/mol. The Morgan fingerprint density at radius 2 is 1.93 bits per heavy atom. The highest BCUT2D eigenvalue weighted by Gasteiger charge is 2.20. The van der Waals surface area contributed by atoms with Gasteiger partial charge in [-0.1, -0.05) is 12.8 Å². The van der Waals surface area contributed by atoms with E-state index in [9.17, 15) is 0 Å². The highest BCUT2D eigenvalue weighted by atomic mass is 16.7. The first-order valence-corrected chi connectivity index (χ1v) is 5.57. The standard InChI is InChI=1S/C11H23NO2/c1-9(11(13-2)14-3)12-8-4-5-10-6-7-10/h9-12H,4-8H2,1-3H3. The fraction of sp³-hybridized carbons (Fsp3) is 1.00. The van der Waals surface area contributed by atoms with Crippen LogP contribution in [0.25, 0.3) is 0 Å². The molecule has 0 spiro atoms. The zero-order chi connectivity index (χ0) is 10.4. The van der Waals surface area contributed by atoms with Crippen LogP contribution in [0.1, 0.15) is 32.6 Å². The normalized spacial score (nSPS) is 18.9. The average Bonchev–Trinajstić information content (AvgIpc) is 2.98. The molecule has 84 valence electrons. The molecule has 0 aromatic heterocycles. The summed E-state index contributed by atoms with van der Waals surface area (Å²) >= 11 is 0. The predicted octanol–water partition coefficient (Wildman–Crippen LogP) is 1.77. The van der Waals surface area contributed by atoms with Crippen molar-refractivity contribution >= 4 is 0 Å². The van der Waals surface area contributed by atoms with Crippen LogP contribution >= 0.6 is 0 Å². The molecule has 1 atom stereocenters. The summed E-state index contributed by atoms with van der Waals surface area (Å²) in [6.07, 6.45) is 5.43. The molecule has 1 aliphatic rings. The van der Waals surface area contributed by atoms with Crippen LogP contribution in [-0.4, -0.2) is 33.1 Å². The Hall–Kier alpha value is -0.120. The Balaban J connectivity index is 1.97. The number of nitrogens with one attached hydrogen (secondary N) is 1. The molecule has 14 heavy (non-hydrogen) atoms. The van der Waals surface area contributed by atoms with Gasteiger partial charge in [0, 0.05) is 14.2 Å². The first-order chi connectivity index (χ1) is 6.77. The van der Waals surface area contributed by atoms with E-state index in [1.165, 1.54) is 25.7 Å². The maximum atomic E-state index is 5.17. The third-order valence-corrected chi connectivity index (χ3v) is 2.83. The fourth-order valence-electron chi connectivity index (χ4n) is 1.73. The van der Waals surface area contributed by atoms with E-state index in [2.05, 4.69) is 12.2 Å². The summed E-state index contributed by atoms with van der Waals surface area (Å²) in [5, 5.41) is 3.42. The lowest BCUT2D eigenvalue weighted by molar-refractivity contribution is -0.119. The van der Waals surface area contributed by atoms with Gasteiger partial charge in [0.05, 0.1) is 6.04 Å². The van der Waals surface area contributed by atoms with Crippen molar-refractivity contribution in [1.29, 1.82) is 0 Å². The first kappa shape index (κ1) is 12.0. The summed E-state index contributed by atoms with van der Waals surface area (Å²) in [5.74, 6) is 1.03. The van der Waals surface area contributed by atoms with E-state index in [4.69, 9.17) is 9.47 Å². The summed E-state index contributed by atoms with van der Waals surface area (Å²) in [7, 11) is 3.35. The Morgan fingerprint density at radius 3 is 2.43 bits per heavy atom. The third-order valence-electron chi connectivity index (χ3n) is 2.83. The van der Waals surface area contributed by atoms with E-state index in [1.807, 2.05) is 0 Å². The molecule has 0 radical (unpaired) electrons. The molecule has 1 fully saturated rings. The van der Waals surface area contributed by atoms with Crippen LogP contribution in [0.15, 0.2) is 0 Å². The molecule has 3 heteroatoms. The zero-order valence-electron chi connectivity index (χ0n) is 9.58. The minimum absolute atomic E-state index is 0.129. The molecular weight excluding hydrogens is 178 g/mol. The van der Waals surface area contributed by atoms with Crippen LogP contribution < -0.4 is 5.32 Å². The van der Waals surface area contributed by atoms with E-state index in [0.29, 0.717) is 0 Å². The van der Waals surface area contributed by atoms with Crippen LogP contribution in [-0.2, 0) is 9.47 Å². The number of rotatable bonds is 8. The van der Waals surface area contributed by atoms with Crippen molar-refractivity contribution in [1.82, 2.24) is 5.32 Å². The van der Waals surface area contributed by atoms with Gasteiger partial charge in [0.15, 0.2) is 6.29 Å². The van der Waals surface area contributed by atoms with E-state index in [0.717, 1.165) is 12.5 Å². The fourth-order valence-corrected chi connectivity index (χ4v) is 1.73. The second-order valence-corrected chi connectivity index (χ2v) is 4.17. The lowest BCUT2D eigenvalue weighted by atomic mass is 10.2. The summed E-state index contributed by atoms with van der Waals surface area (Å²) < 4.78 is 10.3. The topological polar surface area (TPSA) is 30.5 Å². The Bertz CT molecular complexity index is 144. The van der Waals surface area contributed by atoms with Crippen molar-refractivity contribution in [2.24, 2.45) is 5.92 Å². The van der Waals surface area contributed by atoms with Crippen molar-refractivity contribution in [3.63, 3.8) is 0 Å².